The molecule has 0 amide bonds. The van der Waals surface area contributed by atoms with Crippen molar-refractivity contribution in [2.45, 2.75) is 0 Å². The first-order valence-corrected chi connectivity index (χ1v) is 6.11. The van der Waals surface area contributed by atoms with E-state index in [1.165, 1.54) is 4.68 Å². The second-order valence-electron chi connectivity index (χ2n) is 3.96. The Bertz CT molecular complexity index is 766. The van der Waals surface area contributed by atoms with Crippen LogP contribution in [0, 0.1) is 11.6 Å². The van der Waals surface area contributed by atoms with Gasteiger partial charge in [-0.3, -0.25) is 0 Å². The zero-order valence-electron chi connectivity index (χ0n) is 9.37. The Morgan fingerprint density at radius 3 is 2.26 bits per heavy atom. The molecule has 0 saturated heterocycles. The zero-order valence-corrected chi connectivity index (χ0v) is 10.9. The number of rotatable bonds is 1. The number of fused-ring (bicyclic) bond motifs is 1. The first-order valence-electron chi connectivity index (χ1n) is 5.35. The summed E-state index contributed by atoms with van der Waals surface area (Å²) in [6, 6.07) is 8.84. The average Bonchev–Trinajstić information content (AvgIpc) is 2.69. The van der Waals surface area contributed by atoms with E-state index >= 15 is 0 Å². The number of aromatic nitrogens is 2. The number of halogens is 4. The fraction of sp³-hybridized carbons (Fsp3) is 0. The van der Waals surface area contributed by atoms with Gasteiger partial charge < -0.3 is 0 Å². The minimum atomic E-state index is -0.954. The summed E-state index contributed by atoms with van der Waals surface area (Å²) in [5.41, 5.74) is 0.949. The van der Waals surface area contributed by atoms with Crippen molar-refractivity contribution in [1.82, 2.24) is 9.78 Å². The highest BCUT2D eigenvalue weighted by atomic mass is 35.5. The number of hydrogen-bond donors (Lipinski definition) is 0. The van der Waals surface area contributed by atoms with Crippen LogP contribution in [0.3, 0.4) is 0 Å². The van der Waals surface area contributed by atoms with Crippen LogP contribution in [-0.2, 0) is 0 Å². The van der Waals surface area contributed by atoms with Crippen molar-refractivity contribution in [1.29, 1.82) is 0 Å². The van der Waals surface area contributed by atoms with Crippen LogP contribution < -0.4 is 0 Å². The van der Waals surface area contributed by atoms with E-state index in [0.29, 0.717) is 21.6 Å². The molecule has 0 aliphatic carbocycles. The first-order chi connectivity index (χ1) is 9.06. The Morgan fingerprint density at radius 1 is 0.947 bits per heavy atom. The van der Waals surface area contributed by atoms with Crippen LogP contribution in [0.5, 0.6) is 0 Å². The topological polar surface area (TPSA) is 17.8 Å². The van der Waals surface area contributed by atoms with Crippen molar-refractivity contribution in [2.75, 3.05) is 0 Å². The molecule has 0 aliphatic rings. The Hall–Kier alpha value is -1.65. The van der Waals surface area contributed by atoms with Gasteiger partial charge in [-0.05, 0) is 30.3 Å². The molecule has 0 fully saturated rings. The summed E-state index contributed by atoms with van der Waals surface area (Å²) < 4.78 is 27.8. The molecule has 0 radical (unpaired) electrons. The van der Waals surface area contributed by atoms with E-state index in [1.807, 2.05) is 0 Å². The van der Waals surface area contributed by atoms with Crippen LogP contribution in [0.1, 0.15) is 0 Å². The second kappa shape index (κ2) is 4.47. The third-order valence-electron chi connectivity index (χ3n) is 2.73. The quantitative estimate of drug-likeness (QED) is 0.641. The minimum absolute atomic E-state index is 0.219. The summed E-state index contributed by atoms with van der Waals surface area (Å²) in [7, 11) is 0. The molecule has 1 heterocycles. The summed E-state index contributed by atoms with van der Waals surface area (Å²) in [6.45, 7) is 0. The lowest BCUT2D eigenvalue weighted by atomic mass is 10.2. The van der Waals surface area contributed by atoms with Crippen molar-refractivity contribution >= 4 is 34.1 Å². The van der Waals surface area contributed by atoms with Gasteiger partial charge >= 0.3 is 0 Å². The molecule has 0 atom stereocenters. The van der Waals surface area contributed by atoms with Crippen LogP contribution in [0.25, 0.3) is 16.6 Å². The lowest BCUT2D eigenvalue weighted by Crippen LogP contribution is -1.95. The highest BCUT2D eigenvalue weighted by Gasteiger charge is 2.14. The molecule has 3 rings (SSSR count). The van der Waals surface area contributed by atoms with E-state index in [0.717, 1.165) is 12.1 Å². The van der Waals surface area contributed by atoms with E-state index in [9.17, 15) is 8.78 Å². The molecule has 0 saturated carbocycles. The summed E-state index contributed by atoms with van der Waals surface area (Å²) in [5.74, 6) is -1.91. The average molecular weight is 299 g/mol. The molecular weight excluding hydrogens is 293 g/mol. The van der Waals surface area contributed by atoms with Gasteiger partial charge in [-0.2, -0.15) is 5.10 Å². The van der Waals surface area contributed by atoms with Gasteiger partial charge in [-0.25, -0.2) is 13.5 Å². The van der Waals surface area contributed by atoms with E-state index in [4.69, 9.17) is 23.2 Å². The van der Waals surface area contributed by atoms with E-state index in [1.54, 1.807) is 24.3 Å². The van der Waals surface area contributed by atoms with E-state index in [2.05, 4.69) is 5.10 Å². The highest BCUT2D eigenvalue weighted by molar-refractivity contribution is 6.34. The van der Waals surface area contributed by atoms with Crippen molar-refractivity contribution in [3.8, 4) is 5.69 Å². The molecule has 0 unspecified atom stereocenters. The van der Waals surface area contributed by atoms with Crippen LogP contribution in [0.2, 0.25) is 10.2 Å². The zero-order chi connectivity index (χ0) is 13.6. The van der Waals surface area contributed by atoms with Crippen LogP contribution in [0.15, 0.2) is 36.4 Å². The van der Waals surface area contributed by atoms with Gasteiger partial charge in [0, 0.05) is 16.5 Å². The SMILES string of the molecule is Fc1cc2nn(-c3ccc(Cl)cc3)c(Cl)c2cc1F. The van der Waals surface area contributed by atoms with Crippen LogP contribution >= 0.6 is 23.2 Å². The maximum atomic E-state index is 13.2. The van der Waals surface area contributed by atoms with Crippen molar-refractivity contribution < 1.29 is 8.78 Å². The molecule has 0 spiro atoms. The predicted octanol–water partition coefficient (Wildman–Crippen LogP) is 4.61. The maximum absolute atomic E-state index is 13.2. The molecule has 2 nitrogen and oxygen atoms in total. The molecule has 6 heteroatoms. The monoisotopic (exact) mass is 298 g/mol. The summed E-state index contributed by atoms with van der Waals surface area (Å²) >= 11 is 11.9. The second-order valence-corrected chi connectivity index (χ2v) is 4.76. The summed E-state index contributed by atoms with van der Waals surface area (Å²) in [6.07, 6.45) is 0. The van der Waals surface area contributed by atoms with Crippen molar-refractivity contribution in [3.05, 3.63) is 58.2 Å². The molecule has 96 valence electrons. The Kier molecular flexibility index (Phi) is 2.92. The van der Waals surface area contributed by atoms with Crippen molar-refractivity contribution in [3.63, 3.8) is 0 Å². The molecule has 0 N–H and O–H groups in total. The first kappa shape index (κ1) is 12.4. The van der Waals surface area contributed by atoms with Crippen molar-refractivity contribution in [2.24, 2.45) is 0 Å². The van der Waals surface area contributed by atoms with Gasteiger partial charge in [-0.15, -0.1) is 0 Å². The molecule has 0 aliphatic heterocycles. The molecule has 3 aromatic rings. The molecular formula is C13H6Cl2F2N2. The molecule has 1 aromatic heterocycles. The Balaban J connectivity index is 2.25. The maximum Gasteiger partial charge on any atom is 0.161 e. The molecule has 2 aromatic carbocycles. The Morgan fingerprint density at radius 2 is 1.58 bits per heavy atom. The van der Waals surface area contributed by atoms with Gasteiger partial charge in [0.1, 0.15) is 5.15 Å². The van der Waals surface area contributed by atoms with Crippen LogP contribution in [0.4, 0.5) is 8.78 Å². The van der Waals surface area contributed by atoms with E-state index < -0.39 is 11.6 Å². The highest BCUT2D eigenvalue weighted by Crippen LogP contribution is 2.28. The minimum Gasteiger partial charge on any atom is -0.221 e. The predicted molar refractivity (Wildman–Crippen MR) is 71.0 cm³/mol. The number of benzene rings is 2. The molecule has 0 bridgehead atoms. The normalized spacial score (nSPS) is 11.2. The number of hydrogen-bond acceptors (Lipinski definition) is 1. The fourth-order valence-electron chi connectivity index (χ4n) is 1.80. The standard InChI is InChI=1S/C13H6Cl2F2N2/c14-7-1-3-8(4-2-7)19-13(15)9-5-10(16)11(17)6-12(9)18-19/h1-6H. The third-order valence-corrected chi connectivity index (χ3v) is 3.34. The lowest BCUT2D eigenvalue weighted by Gasteiger charge is -2.02. The van der Waals surface area contributed by atoms with Gasteiger partial charge in [0.2, 0.25) is 0 Å². The van der Waals surface area contributed by atoms with Gasteiger partial charge in [0.05, 0.1) is 11.2 Å². The summed E-state index contributed by atoms with van der Waals surface area (Å²) in [4.78, 5) is 0. The van der Waals surface area contributed by atoms with Gasteiger partial charge in [0.15, 0.2) is 11.6 Å². The third kappa shape index (κ3) is 2.07. The summed E-state index contributed by atoms with van der Waals surface area (Å²) in [5, 5.41) is 5.30. The number of nitrogens with zero attached hydrogens (tertiary/aromatic N) is 2. The largest absolute Gasteiger partial charge is 0.221 e. The van der Waals surface area contributed by atoms with Gasteiger partial charge in [-0.1, -0.05) is 23.2 Å². The fourth-order valence-corrected chi connectivity index (χ4v) is 2.22. The van der Waals surface area contributed by atoms with Crippen LogP contribution in [-0.4, -0.2) is 9.78 Å². The molecule has 19 heavy (non-hydrogen) atoms. The van der Waals surface area contributed by atoms with Gasteiger partial charge in [0.25, 0.3) is 0 Å². The smallest absolute Gasteiger partial charge is 0.161 e. The van der Waals surface area contributed by atoms with E-state index in [-0.39, 0.29) is 5.15 Å². The Labute approximate surface area is 117 Å². The lowest BCUT2D eigenvalue weighted by molar-refractivity contribution is 0.511.